The van der Waals surface area contributed by atoms with Gasteiger partial charge in [0.2, 0.25) is 0 Å². The van der Waals surface area contributed by atoms with E-state index < -0.39 is 0 Å². The minimum absolute atomic E-state index is 0.368. The molecule has 1 aromatic carbocycles. The highest BCUT2D eigenvalue weighted by Crippen LogP contribution is 2.06. The Morgan fingerprint density at radius 1 is 1.29 bits per heavy atom. The predicted molar refractivity (Wildman–Crippen MR) is 56.0 cm³/mol. The summed E-state index contributed by atoms with van der Waals surface area (Å²) in [5.74, 6) is -0.368. The van der Waals surface area contributed by atoms with Gasteiger partial charge >= 0.3 is 0 Å². The summed E-state index contributed by atoms with van der Waals surface area (Å²) in [5, 5.41) is 7.00. The maximum atomic E-state index is 12.4. The van der Waals surface area contributed by atoms with Gasteiger partial charge in [0, 0.05) is 12.7 Å². The van der Waals surface area contributed by atoms with Crippen molar-refractivity contribution in [2.24, 2.45) is 0 Å². The van der Waals surface area contributed by atoms with Crippen LogP contribution in [0.2, 0.25) is 0 Å². The summed E-state index contributed by atoms with van der Waals surface area (Å²) < 4.78 is 12.4. The number of halogens is 1. The standard InChI is InChI=1S/C8H7FO.C2H6.CH4O/c1-6-2-3-8(9)4-7(6)5-10;2*1-2/h2-5H,1H3;1-2H3;2H,1H3. The number of aliphatic hydroxyl groups excluding tert-OH is 1. The molecule has 0 atom stereocenters. The van der Waals surface area contributed by atoms with E-state index in [2.05, 4.69) is 0 Å². The maximum Gasteiger partial charge on any atom is 0.150 e. The van der Waals surface area contributed by atoms with Crippen LogP contribution in [0.1, 0.15) is 29.8 Å². The summed E-state index contributed by atoms with van der Waals surface area (Å²) in [4.78, 5) is 10.2. The van der Waals surface area contributed by atoms with Gasteiger partial charge in [-0.15, -0.1) is 0 Å². The Balaban J connectivity index is 0. The lowest BCUT2D eigenvalue weighted by atomic mass is 10.1. The molecule has 0 unspecified atom stereocenters. The zero-order valence-electron chi connectivity index (χ0n) is 9.04. The van der Waals surface area contributed by atoms with Crippen molar-refractivity contribution in [2.45, 2.75) is 20.8 Å². The van der Waals surface area contributed by atoms with Crippen molar-refractivity contribution >= 4 is 6.29 Å². The molecule has 0 saturated carbocycles. The highest BCUT2D eigenvalue weighted by molar-refractivity contribution is 5.76. The van der Waals surface area contributed by atoms with E-state index in [-0.39, 0.29) is 5.82 Å². The van der Waals surface area contributed by atoms with Crippen LogP contribution in [0.4, 0.5) is 4.39 Å². The first-order valence-corrected chi connectivity index (χ1v) is 4.40. The Bertz CT molecular complexity index is 259. The van der Waals surface area contributed by atoms with Gasteiger partial charge in [-0.1, -0.05) is 19.9 Å². The van der Waals surface area contributed by atoms with Crippen molar-refractivity contribution < 1.29 is 14.3 Å². The smallest absolute Gasteiger partial charge is 0.150 e. The molecule has 0 heterocycles. The zero-order chi connectivity index (χ0) is 11.6. The van der Waals surface area contributed by atoms with E-state index in [1.807, 2.05) is 13.8 Å². The van der Waals surface area contributed by atoms with Gasteiger partial charge in [0.25, 0.3) is 0 Å². The van der Waals surface area contributed by atoms with Gasteiger partial charge in [-0.05, 0) is 24.6 Å². The van der Waals surface area contributed by atoms with Crippen LogP contribution in [0, 0.1) is 12.7 Å². The summed E-state index contributed by atoms with van der Waals surface area (Å²) in [5.41, 5.74) is 1.22. The number of hydrogen-bond donors (Lipinski definition) is 1. The maximum absolute atomic E-state index is 12.4. The Hall–Kier alpha value is -1.22. The molecule has 0 radical (unpaired) electrons. The zero-order valence-corrected chi connectivity index (χ0v) is 9.04. The molecule has 3 heteroatoms. The SMILES string of the molecule is CC.CO.Cc1ccc(F)cc1C=O. The molecule has 0 aliphatic heterocycles. The monoisotopic (exact) mass is 200 g/mol. The number of aliphatic hydroxyl groups is 1. The number of carbonyl (C=O) groups excluding carboxylic acids is 1. The average Bonchev–Trinajstić information content (AvgIpc) is 2.27. The van der Waals surface area contributed by atoms with Crippen molar-refractivity contribution in [3.8, 4) is 0 Å². The van der Waals surface area contributed by atoms with Crippen molar-refractivity contribution in [1.82, 2.24) is 0 Å². The molecule has 0 aromatic heterocycles. The van der Waals surface area contributed by atoms with E-state index in [1.165, 1.54) is 12.1 Å². The second-order valence-corrected chi connectivity index (χ2v) is 2.12. The highest BCUT2D eigenvalue weighted by Gasteiger charge is 1.96. The van der Waals surface area contributed by atoms with E-state index in [0.29, 0.717) is 11.8 Å². The third-order valence-electron chi connectivity index (χ3n) is 1.37. The van der Waals surface area contributed by atoms with E-state index in [0.717, 1.165) is 12.7 Å². The average molecular weight is 200 g/mol. The fraction of sp³-hybridized carbons (Fsp3) is 0.364. The van der Waals surface area contributed by atoms with Crippen molar-refractivity contribution in [3.05, 3.63) is 35.1 Å². The summed E-state index contributed by atoms with van der Waals surface area (Å²) in [7, 11) is 1.00. The molecule has 0 aliphatic rings. The number of aldehydes is 1. The molecule has 0 fully saturated rings. The molecule has 0 amide bonds. The number of rotatable bonds is 1. The second kappa shape index (κ2) is 9.86. The summed E-state index contributed by atoms with van der Waals surface area (Å²) in [6, 6.07) is 4.14. The lowest BCUT2D eigenvalue weighted by Crippen LogP contribution is -1.86. The van der Waals surface area contributed by atoms with Gasteiger partial charge in [0.05, 0.1) is 0 Å². The highest BCUT2D eigenvalue weighted by atomic mass is 19.1. The quantitative estimate of drug-likeness (QED) is 0.707. The van der Waals surface area contributed by atoms with E-state index in [4.69, 9.17) is 5.11 Å². The Kier molecular flexibility index (Phi) is 10.8. The van der Waals surface area contributed by atoms with Crippen LogP contribution in [0.15, 0.2) is 18.2 Å². The number of aryl methyl sites for hydroxylation is 1. The molecule has 1 N–H and O–H groups in total. The van der Waals surface area contributed by atoms with Crippen molar-refractivity contribution in [2.75, 3.05) is 7.11 Å². The van der Waals surface area contributed by atoms with Crippen LogP contribution >= 0.6 is 0 Å². The molecular weight excluding hydrogens is 183 g/mol. The molecular formula is C11H17FO2. The first-order valence-electron chi connectivity index (χ1n) is 4.40. The van der Waals surface area contributed by atoms with Crippen LogP contribution in [-0.2, 0) is 0 Å². The third-order valence-corrected chi connectivity index (χ3v) is 1.37. The fourth-order valence-corrected chi connectivity index (χ4v) is 0.738. The lowest BCUT2D eigenvalue weighted by Gasteiger charge is -1.95. The topological polar surface area (TPSA) is 37.3 Å². The van der Waals surface area contributed by atoms with Crippen molar-refractivity contribution in [3.63, 3.8) is 0 Å². The molecule has 0 spiro atoms. The van der Waals surface area contributed by atoms with Crippen molar-refractivity contribution in [1.29, 1.82) is 0 Å². The molecule has 1 aromatic rings. The van der Waals surface area contributed by atoms with Gasteiger partial charge in [-0.25, -0.2) is 4.39 Å². The second-order valence-electron chi connectivity index (χ2n) is 2.12. The Morgan fingerprint density at radius 3 is 2.14 bits per heavy atom. The van der Waals surface area contributed by atoms with E-state index in [9.17, 15) is 9.18 Å². The number of hydrogen-bond acceptors (Lipinski definition) is 2. The van der Waals surface area contributed by atoms with Gasteiger partial charge < -0.3 is 5.11 Å². The summed E-state index contributed by atoms with van der Waals surface area (Å²) in [6.45, 7) is 5.77. The predicted octanol–water partition coefficient (Wildman–Crippen LogP) is 2.58. The van der Waals surface area contributed by atoms with Crippen LogP contribution in [0.5, 0.6) is 0 Å². The first kappa shape index (κ1) is 15.3. The van der Waals surface area contributed by atoms with Gasteiger partial charge in [0.1, 0.15) is 12.1 Å². The molecule has 2 nitrogen and oxygen atoms in total. The molecule has 80 valence electrons. The number of benzene rings is 1. The normalized spacial score (nSPS) is 7.57. The molecule has 1 rings (SSSR count). The van der Waals surface area contributed by atoms with E-state index in [1.54, 1.807) is 13.0 Å². The number of carbonyl (C=O) groups is 1. The van der Waals surface area contributed by atoms with E-state index >= 15 is 0 Å². The first-order chi connectivity index (χ1) is 6.74. The van der Waals surface area contributed by atoms with Crippen LogP contribution < -0.4 is 0 Å². The minimum atomic E-state index is -0.368. The Labute approximate surface area is 84.4 Å². The molecule has 0 saturated heterocycles. The van der Waals surface area contributed by atoms with Gasteiger partial charge in [-0.2, -0.15) is 0 Å². The molecule has 0 bridgehead atoms. The molecule has 14 heavy (non-hydrogen) atoms. The summed E-state index contributed by atoms with van der Waals surface area (Å²) >= 11 is 0. The van der Waals surface area contributed by atoms with Crippen LogP contribution in [0.25, 0.3) is 0 Å². The van der Waals surface area contributed by atoms with Gasteiger partial charge in [0.15, 0.2) is 0 Å². The summed E-state index contributed by atoms with van der Waals surface area (Å²) in [6.07, 6.45) is 0.651. The third kappa shape index (κ3) is 5.43. The molecule has 0 aliphatic carbocycles. The lowest BCUT2D eigenvalue weighted by molar-refractivity contribution is 0.112. The van der Waals surface area contributed by atoms with Crippen LogP contribution in [-0.4, -0.2) is 18.5 Å². The van der Waals surface area contributed by atoms with Crippen LogP contribution in [0.3, 0.4) is 0 Å². The minimum Gasteiger partial charge on any atom is -0.400 e. The Morgan fingerprint density at radius 2 is 1.79 bits per heavy atom. The largest absolute Gasteiger partial charge is 0.400 e. The van der Waals surface area contributed by atoms with Gasteiger partial charge in [-0.3, -0.25) is 4.79 Å². The fourth-order valence-electron chi connectivity index (χ4n) is 0.738.